The summed E-state index contributed by atoms with van der Waals surface area (Å²) in [4.78, 5) is 22.9. The van der Waals surface area contributed by atoms with Crippen molar-refractivity contribution < 1.29 is 14.5 Å². The van der Waals surface area contributed by atoms with Gasteiger partial charge in [-0.05, 0) is 32.4 Å². The monoisotopic (exact) mass is 293 g/mol. The van der Waals surface area contributed by atoms with Gasteiger partial charge >= 0.3 is 0 Å². The summed E-state index contributed by atoms with van der Waals surface area (Å²) in [7, 11) is 0. The Balaban J connectivity index is 2.28. The van der Waals surface area contributed by atoms with Crippen LogP contribution in [0.5, 0.6) is 0 Å². The highest BCUT2D eigenvalue weighted by atomic mass is 16.6. The lowest BCUT2D eigenvalue weighted by Gasteiger charge is -2.23. The molecule has 1 saturated heterocycles. The van der Waals surface area contributed by atoms with Crippen LogP contribution in [0.3, 0.4) is 0 Å². The van der Waals surface area contributed by atoms with E-state index in [-0.39, 0.29) is 11.3 Å². The number of carbonyl (C=O) groups is 1. The van der Waals surface area contributed by atoms with Crippen molar-refractivity contribution in [2.75, 3.05) is 25.1 Å². The lowest BCUT2D eigenvalue weighted by Crippen LogP contribution is -2.46. The molecule has 1 unspecified atom stereocenters. The first-order valence-electron chi connectivity index (χ1n) is 6.88. The second kappa shape index (κ2) is 6.09. The number of benzene rings is 1. The number of carbonyl (C=O) groups excluding carboxylic acids is 1. The van der Waals surface area contributed by atoms with Gasteiger partial charge in [-0.25, -0.2) is 0 Å². The van der Waals surface area contributed by atoms with Crippen molar-refractivity contribution in [3.05, 3.63) is 33.9 Å². The highest BCUT2D eigenvalue weighted by Gasteiger charge is 2.33. The van der Waals surface area contributed by atoms with Crippen LogP contribution in [0.2, 0.25) is 0 Å². The summed E-state index contributed by atoms with van der Waals surface area (Å²) in [6, 6.07) is 4.45. The molecule has 0 aromatic heterocycles. The van der Waals surface area contributed by atoms with Crippen LogP contribution in [0.25, 0.3) is 0 Å². The zero-order valence-electron chi connectivity index (χ0n) is 12.1. The third-order valence-electron chi connectivity index (χ3n) is 3.45. The number of nitrogens with zero attached hydrogens (tertiary/aromatic N) is 1. The number of nitro groups is 1. The maximum Gasteiger partial charge on any atom is 0.282 e. The molecular weight excluding hydrogens is 274 g/mol. The quantitative estimate of drug-likeness (QED) is 0.639. The Hall–Kier alpha value is -2.15. The summed E-state index contributed by atoms with van der Waals surface area (Å²) in [5, 5.41) is 17.0. The standard InChI is InChI=1S/C14H19N3O4/c1-3-15-10-4-5-12(17(19)20)11(8-10)13(18)16-14(2)6-7-21-9-14/h4-5,8,15H,3,6-7,9H2,1-2H3,(H,16,18). The predicted octanol–water partition coefficient (Wildman–Crippen LogP) is 1.94. The molecule has 2 rings (SSSR count). The molecule has 0 saturated carbocycles. The van der Waals surface area contributed by atoms with Gasteiger partial charge in [-0.1, -0.05) is 0 Å². The van der Waals surface area contributed by atoms with Crippen molar-refractivity contribution in [1.29, 1.82) is 0 Å². The zero-order valence-corrected chi connectivity index (χ0v) is 12.1. The second-order valence-corrected chi connectivity index (χ2v) is 5.34. The largest absolute Gasteiger partial charge is 0.385 e. The van der Waals surface area contributed by atoms with Crippen LogP contribution in [0, 0.1) is 10.1 Å². The molecule has 0 bridgehead atoms. The molecule has 114 valence electrons. The van der Waals surface area contributed by atoms with Crippen molar-refractivity contribution in [3.8, 4) is 0 Å². The Labute approximate surface area is 122 Å². The number of hydrogen-bond donors (Lipinski definition) is 2. The average molecular weight is 293 g/mol. The summed E-state index contributed by atoms with van der Waals surface area (Å²) >= 11 is 0. The van der Waals surface area contributed by atoms with Gasteiger partial charge in [0.15, 0.2) is 0 Å². The summed E-state index contributed by atoms with van der Waals surface area (Å²) in [6.45, 7) is 5.45. The van der Waals surface area contributed by atoms with E-state index in [9.17, 15) is 14.9 Å². The number of amides is 1. The molecule has 1 fully saturated rings. The van der Waals surface area contributed by atoms with Crippen LogP contribution in [-0.4, -0.2) is 36.1 Å². The number of anilines is 1. The van der Waals surface area contributed by atoms with Crippen molar-refractivity contribution >= 4 is 17.3 Å². The maximum atomic E-state index is 12.4. The molecular formula is C14H19N3O4. The van der Waals surface area contributed by atoms with Crippen LogP contribution in [0.15, 0.2) is 18.2 Å². The number of nitro benzene ring substituents is 1. The van der Waals surface area contributed by atoms with Crippen molar-refractivity contribution in [1.82, 2.24) is 5.32 Å². The predicted molar refractivity (Wildman–Crippen MR) is 78.6 cm³/mol. The van der Waals surface area contributed by atoms with E-state index in [1.807, 2.05) is 13.8 Å². The molecule has 1 aromatic rings. The Morgan fingerprint density at radius 2 is 2.29 bits per heavy atom. The SMILES string of the molecule is CCNc1ccc([N+](=O)[O-])c(C(=O)NC2(C)CCOC2)c1. The van der Waals surface area contributed by atoms with E-state index in [4.69, 9.17) is 4.74 Å². The van der Waals surface area contributed by atoms with Crippen LogP contribution < -0.4 is 10.6 Å². The first-order chi connectivity index (χ1) is 9.95. The van der Waals surface area contributed by atoms with Crippen molar-refractivity contribution in [2.45, 2.75) is 25.8 Å². The smallest absolute Gasteiger partial charge is 0.282 e. The van der Waals surface area contributed by atoms with Gasteiger partial charge in [0, 0.05) is 24.9 Å². The van der Waals surface area contributed by atoms with Crippen LogP contribution in [-0.2, 0) is 4.74 Å². The van der Waals surface area contributed by atoms with Crippen LogP contribution in [0.1, 0.15) is 30.6 Å². The summed E-state index contributed by atoms with van der Waals surface area (Å²) in [5.74, 6) is -0.450. The minimum Gasteiger partial charge on any atom is -0.385 e. The minimum atomic E-state index is -0.544. The lowest BCUT2D eigenvalue weighted by molar-refractivity contribution is -0.385. The highest BCUT2D eigenvalue weighted by Crippen LogP contribution is 2.25. The van der Waals surface area contributed by atoms with Gasteiger partial charge in [0.05, 0.1) is 17.1 Å². The van der Waals surface area contributed by atoms with Gasteiger partial charge in [-0.15, -0.1) is 0 Å². The minimum absolute atomic E-state index is 0.0616. The first kappa shape index (κ1) is 15.2. The third kappa shape index (κ3) is 3.49. The fourth-order valence-electron chi connectivity index (χ4n) is 2.30. The van der Waals surface area contributed by atoms with Gasteiger partial charge in [0.2, 0.25) is 0 Å². The maximum absolute atomic E-state index is 12.4. The van der Waals surface area contributed by atoms with E-state index in [0.29, 0.717) is 31.9 Å². The van der Waals surface area contributed by atoms with E-state index in [0.717, 1.165) is 0 Å². The number of hydrogen-bond acceptors (Lipinski definition) is 5. The molecule has 7 nitrogen and oxygen atoms in total. The lowest BCUT2D eigenvalue weighted by atomic mass is 10.0. The molecule has 0 radical (unpaired) electrons. The highest BCUT2D eigenvalue weighted by molar-refractivity contribution is 5.99. The van der Waals surface area contributed by atoms with Gasteiger partial charge in [0.25, 0.3) is 11.6 Å². The Kier molecular flexibility index (Phi) is 4.42. The van der Waals surface area contributed by atoms with E-state index < -0.39 is 16.4 Å². The fraction of sp³-hybridized carbons (Fsp3) is 0.500. The van der Waals surface area contributed by atoms with Gasteiger partial charge in [0.1, 0.15) is 5.56 Å². The van der Waals surface area contributed by atoms with Crippen molar-refractivity contribution in [3.63, 3.8) is 0 Å². The van der Waals surface area contributed by atoms with E-state index in [2.05, 4.69) is 10.6 Å². The topological polar surface area (TPSA) is 93.5 Å². The van der Waals surface area contributed by atoms with Crippen LogP contribution >= 0.6 is 0 Å². The summed E-state index contributed by atoms with van der Waals surface area (Å²) < 4.78 is 5.28. The molecule has 7 heteroatoms. The molecule has 0 aliphatic carbocycles. The molecule has 0 spiro atoms. The molecule has 1 aliphatic rings. The zero-order chi connectivity index (χ0) is 15.5. The van der Waals surface area contributed by atoms with E-state index in [1.165, 1.54) is 12.1 Å². The van der Waals surface area contributed by atoms with Gasteiger partial charge in [-0.3, -0.25) is 14.9 Å². The summed E-state index contributed by atoms with van der Waals surface area (Å²) in [5.41, 5.74) is 0.0726. The van der Waals surface area contributed by atoms with Crippen molar-refractivity contribution in [2.24, 2.45) is 0 Å². The van der Waals surface area contributed by atoms with E-state index in [1.54, 1.807) is 6.07 Å². The number of ether oxygens (including phenoxy) is 1. The number of nitrogens with one attached hydrogen (secondary N) is 2. The second-order valence-electron chi connectivity index (χ2n) is 5.34. The molecule has 1 atom stereocenters. The number of rotatable bonds is 5. The average Bonchev–Trinajstić information content (AvgIpc) is 2.85. The Morgan fingerprint density at radius 1 is 1.52 bits per heavy atom. The molecule has 1 aromatic carbocycles. The molecule has 1 aliphatic heterocycles. The fourth-order valence-corrected chi connectivity index (χ4v) is 2.30. The molecule has 21 heavy (non-hydrogen) atoms. The van der Waals surface area contributed by atoms with Gasteiger partial charge < -0.3 is 15.4 Å². The Bertz CT molecular complexity index is 553. The van der Waals surface area contributed by atoms with Gasteiger partial charge in [-0.2, -0.15) is 0 Å². The molecule has 1 amide bonds. The first-order valence-corrected chi connectivity index (χ1v) is 6.88. The normalized spacial score (nSPS) is 21.0. The van der Waals surface area contributed by atoms with E-state index >= 15 is 0 Å². The third-order valence-corrected chi connectivity index (χ3v) is 3.45. The molecule has 2 N–H and O–H groups in total. The molecule has 1 heterocycles. The summed E-state index contributed by atoms with van der Waals surface area (Å²) in [6.07, 6.45) is 0.694. The van der Waals surface area contributed by atoms with Crippen LogP contribution in [0.4, 0.5) is 11.4 Å². The Morgan fingerprint density at radius 3 is 2.86 bits per heavy atom.